The van der Waals surface area contributed by atoms with Gasteiger partial charge < -0.3 is 20.1 Å². The standard InChI is InChI=1S/C24H32N2O4/c1-16(2)20-8-6-7-9-22(20)30-19(5)24(28)26-13-12-25-23(27)15-29-21-11-10-17(3)14-18(21)4/h6-11,14,16,19H,12-13,15H2,1-5H3,(H,25,27)(H,26,28). The summed E-state index contributed by atoms with van der Waals surface area (Å²) in [5.74, 6) is 1.25. The molecule has 2 aromatic rings. The number of rotatable bonds is 10. The summed E-state index contributed by atoms with van der Waals surface area (Å²) in [6.45, 7) is 10.4. The lowest BCUT2D eigenvalue weighted by atomic mass is 10.0. The number of carbonyl (C=O) groups is 2. The van der Waals surface area contributed by atoms with Crippen molar-refractivity contribution in [2.45, 2.75) is 46.6 Å². The molecule has 2 N–H and O–H groups in total. The first-order valence-electron chi connectivity index (χ1n) is 10.3. The summed E-state index contributed by atoms with van der Waals surface area (Å²) < 4.78 is 11.4. The van der Waals surface area contributed by atoms with Crippen molar-refractivity contribution in [2.75, 3.05) is 19.7 Å². The second-order valence-corrected chi connectivity index (χ2v) is 7.65. The topological polar surface area (TPSA) is 76.7 Å². The van der Waals surface area contributed by atoms with Crippen LogP contribution in [0.5, 0.6) is 11.5 Å². The highest BCUT2D eigenvalue weighted by Crippen LogP contribution is 2.26. The Balaban J connectivity index is 1.69. The van der Waals surface area contributed by atoms with Crippen LogP contribution in [0.25, 0.3) is 0 Å². The lowest BCUT2D eigenvalue weighted by Crippen LogP contribution is -2.41. The van der Waals surface area contributed by atoms with Crippen LogP contribution in [0.2, 0.25) is 0 Å². The summed E-state index contributed by atoms with van der Waals surface area (Å²) in [6, 6.07) is 13.5. The Bertz CT molecular complexity index is 864. The zero-order chi connectivity index (χ0) is 22.1. The fourth-order valence-electron chi connectivity index (χ4n) is 3.00. The van der Waals surface area contributed by atoms with Crippen LogP contribution in [0.3, 0.4) is 0 Å². The first-order chi connectivity index (χ1) is 14.3. The summed E-state index contributed by atoms with van der Waals surface area (Å²) in [5.41, 5.74) is 3.20. The largest absolute Gasteiger partial charge is 0.484 e. The first-order valence-corrected chi connectivity index (χ1v) is 10.3. The third-order valence-electron chi connectivity index (χ3n) is 4.65. The predicted octanol–water partition coefficient (Wildman–Crippen LogP) is 3.51. The van der Waals surface area contributed by atoms with E-state index in [2.05, 4.69) is 24.5 Å². The number of ether oxygens (including phenoxy) is 2. The van der Waals surface area contributed by atoms with E-state index >= 15 is 0 Å². The minimum absolute atomic E-state index is 0.0661. The molecule has 0 spiro atoms. The van der Waals surface area contributed by atoms with Crippen molar-refractivity contribution in [2.24, 2.45) is 0 Å². The average molecular weight is 413 g/mol. The number of aryl methyl sites for hydroxylation is 2. The van der Waals surface area contributed by atoms with Gasteiger partial charge in [0, 0.05) is 13.1 Å². The molecule has 0 bridgehead atoms. The minimum atomic E-state index is -0.631. The smallest absolute Gasteiger partial charge is 0.260 e. The van der Waals surface area contributed by atoms with Crippen LogP contribution in [0, 0.1) is 13.8 Å². The molecule has 0 fully saturated rings. The molecule has 2 amide bonds. The lowest BCUT2D eigenvalue weighted by Gasteiger charge is -2.18. The van der Waals surface area contributed by atoms with Gasteiger partial charge in [0.15, 0.2) is 12.7 Å². The number of amides is 2. The quantitative estimate of drug-likeness (QED) is 0.586. The van der Waals surface area contributed by atoms with Gasteiger partial charge in [0.1, 0.15) is 11.5 Å². The van der Waals surface area contributed by atoms with Gasteiger partial charge in [-0.2, -0.15) is 0 Å². The van der Waals surface area contributed by atoms with Crippen molar-refractivity contribution in [3.05, 3.63) is 59.2 Å². The zero-order valence-corrected chi connectivity index (χ0v) is 18.5. The molecular formula is C24H32N2O4. The second-order valence-electron chi connectivity index (χ2n) is 7.65. The third kappa shape index (κ3) is 7.10. The summed E-state index contributed by atoms with van der Waals surface area (Å²) >= 11 is 0. The van der Waals surface area contributed by atoms with Crippen LogP contribution in [-0.4, -0.2) is 37.6 Å². The van der Waals surface area contributed by atoms with E-state index in [1.807, 2.05) is 56.3 Å². The van der Waals surface area contributed by atoms with E-state index in [0.29, 0.717) is 30.5 Å². The van der Waals surface area contributed by atoms with E-state index in [1.165, 1.54) is 0 Å². The Labute approximate surface area is 179 Å². The Morgan fingerprint density at radius 3 is 2.33 bits per heavy atom. The molecule has 30 heavy (non-hydrogen) atoms. The monoisotopic (exact) mass is 412 g/mol. The molecule has 0 radical (unpaired) electrons. The van der Waals surface area contributed by atoms with Gasteiger partial charge in [-0.15, -0.1) is 0 Å². The molecule has 6 heteroatoms. The Morgan fingerprint density at radius 2 is 1.63 bits per heavy atom. The van der Waals surface area contributed by atoms with Gasteiger partial charge in [-0.25, -0.2) is 0 Å². The number of hydrogen-bond acceptors (Lipinski definition) is 4. The molecule has 1 unspecified atom stereocenters. The van der Waals surface area contributed by atoms with Crippen LogP contribution in [0.4, 0.5) is 0 Å². The zero-order valence-electron chi connectivity index (χ0n) is 18.5. The van der Waals surface area contributed by atoms with Crippen molar-refractivity contribution in [3.63, 3.8) is 0 Å². The molecule has 2 rings (SSSR count). The molecule has 0 saturated heterocycles. The highest BCUT2D eigenvalue weighted by Gasteiger charge is 2.16. The second kappa shape index (κ2) is 11.2. The Hall–Kier alpha value is -3.02. The van der Waals surface area contributed by atoms with Crippen LogP contribution in [0.1, 0.15) is 43.4 Å². The van der Waals surface area contributed by atoms with Crippen LogP contribution in [-0.2, 0) is 9.59 Å². The minimum Gasteiger partial charge on any atom is -0.484 e. The summed E-state index contributed by atoms with van der Waals surface area (Å²) in [6.07, 6.45) is -0.631. The van der Waals surface area contributed by atoms with Crippen molar-refractivity contribution in [1.29, 1.82) is 0 Å². The lowest BCUT2D eigenvalue weighted by molar-refractivity contribution is -0.127. The van der Waals surface area contributed by atoms with Crippen LogP contribution < -0.4 is 20.1 Å². The van der Waals surface area contributed by atoms with Crippen molar-refractivity contribution < 1.29 is 19.1 Å². The van der Waals surface area contributed by atoms with Crippen molar-refractivity contribution in [1.82, 2.24) is 10.6 Å². The van der Waals surface area contributed by atoms with Gasteiger partial charge in [-0.05, 0) is 49.9 Å². The maximum atomic E-state index is 12.3. The summed E-state index contributed by atoms with van der Waals surface area (Å²) in [5, 5.41) is 5.51. The van der Waals surface area contributed by atoms with E-state index in [-0.39, 0.29) is 18.4 Å². The fourth-order valence-corrected chi connectivity index (χ4v) is 3.00. The maximum Gasteiger partial charge on any atom is 0.260 e. The van der Waals surface area contributed by atoms with E-state index < -0.39 is 6.10 Å². The average Bonchev–Trinajstić information content (AvgIpc) is 2.70. The molecule has 0 saturated carbocycles. The number of nitrogens with one attached hydrogen (secondary N) is 2. The third-order valence-corrected chi connectivity index (χ3v) is 4.65. The van der Waals surface area contributed by atoms with Crippen LogP contribution in [0.15, 0.2) is 42.5 Å². The van der Waals surface area contributed by atoms with E-state index in [1.54, 1.807) is 6.92 Å². The maximum absolute atomic E-state index is 12.3. The highest BCUT2D eigenvalue weighted by atomic mass is 16.5. The molecule has 6 nitrogen and oxygen atoms in total. The number of benzene rings is 2. The van der Waals surface area contributed by atoms with Crippen LogP contribution >= 0.6 is 0 Å². The molecule has 162 valence electrons. The Kier molecular flexibility index (Phi) is 8.71. The van der Waals surface area contributed by atoms with E-state index in [4.69, 9.17) is 9.47 Å². The summed E-state index contributed by atoms with van der Waals surface area (Å²) in [4.78, 5) is 24.2. The predicted molar refractivity (Wildman–Crippen MR) is 118 cm³/mol. The normalized spacial score (nSPS) is 11.7. The van der Waals surface area contributed by atoms with E-state index in [9.17, 15) is 9.59 Å². The number of para-hydroxylation sites is 1. The van der Waals surface area contributed by atoms with Gasteiger partial charge in [0.05, 0.1) is 0 Å². The highest BCUT2D eigenvalue weighted by molar-refractivity contribution is 5.81. The van der Waals surface area contributed by atoms with Crippen molar-refractivity contribution >= 4 is 11.8 Å². The number of carbonyl (C=O) groups excluding carboxylic acids is 2. The summed E-state index contributed by atoms with van der Waals surface area (Å²) in [7, 11) is 0. The van der Waals surface area contributed by atoms with Crippen molar-refractivity contribution in [3.8, 4) is 11.5 Å². The Morgan fingerprint density at radius 1 is 0.933 bits per heavy atom. The van der Waals surface area contributed by atoms with Gasteiger partial charge >= 0.3 is 0 Å². The molecule has 0 heterocycles. The van der Waals surface area contributed by atoms with E-state index in [0.717, 1.165) is 16.7 Å². The first kappa shape index (κ1) is 23.3. The molecule has 0 aromatic heterocycles. The number of hydrogen-bond donors (Lipinski definition) is 2. The fraction of sp³-hybridized carbons (Fsp3) is 0.417. The van der Waals surface area contributed by atoms with Gasteiger partial charge in [-0.1, -0.05) is 49.7 Å². The van der Waals surface area contributed by atoms with Gasteiger partial charge in [0.25, 0.3) is 11.8 Å². The molecule has 1 atom stereocenters. The molecular weight excluding hydrogens is 380 g/mol. The SMILES string of the molecule is Cc1ccc(OCC(=O)NCCNC(=O)C(C)Oc2ccccc2C(C)C)c(C)c1. The molecule has 0 aliphatic heterocycles. The molecule has 2 aromatic carbocycles. The van der Waals surface area contributed by atoms with Gasteiger partial charge in [-0.3, -0.25) is 9.59 Å². The van der Waals surface area contributed by atoms with Gasteiger partial charge in [0.2, 0.25) is 0 Å². The molecule has 0 aliphatic rings. The molecule has 0 aliphatic carbocycles.